The zero-order chi connectivity index (χ0) is 22.5. The normalized spacial score (nSPS) is 16.8. The molecule has 0 saturated heterocycles. The van der Waals surface area contributed by atoms with Crippen LogP contribution in [0.4, 0.5) is 11.9 Å². The predicted octanol–water partition coefficient (Wildman–Crippen LogP) is 4.90. The molecule has 0 saturated carbocycles. The number of hydrogen-bond acceptors (Lipinski definition) is 5. The van der Waals surface area contributed by atoms with Crippen LogP contribution in [0.2, 0.25) is 0 Å². The Morgan fingerprint density at radius 1 is 0.818 bits per heavy atom. The average molecular weight is 498 g/mol. The lowest BCUT2D eigenvalue weighted by molar-refractivity contribution is 0.0924. The van der Waals surface area contributed by atoms with Gasteiger partial charge < -0.3 is 5.32 Å². The van der Waals surface area contributed by atoms with Crippen LogP contribution in [0.25, 0.3) is 5.70 Å². The summed E-state index contributed by atoms with van der Waals surface area (Å²) >= 11 is 3.47. The molecule has 2 amide bonds. The van der Waals surface area contributed by atoms with Crippen molar-refractivity contribution in [2.45, 2.75) is 6.04 Å². The van der Waals surface area contributed by atoms with Crippen molar-refractivity contribution in [3.63, 3.8) is 0 Å². The van der Waals surface area contributed by atoms with Crippen LogP contribution in [0.1, 0.15) is 37.9 Å². The van der Waals surface area contributed by atoms with Gasteiger partial charge in [-0.25, -0.2) is 9.58 Å². The van der Waals surface area contributed by atoms with Crippen molar-refractivity contribution in [1.82, 2.24) is 14.8 Å². The average Bonchev–Trinajstić information content (AvgIpc) is 3.38. The van der Waals surface area contributed by atoms with Crippen LogP contribution in [0.15, 0.2) is 89.4 Å². The number of hydrogen-bond donors (Lipinski definition) is 1. The monoisotopic (exact) mass is 497 g/mol. The van der Waals surface area contributed by atoms with E-state index in [2.05, 4.69) is 37.4 Å². The number of anilines is 2. The number of imide groups is 1. The third kappa shape index (κ3) is 3.18. The second kappa shape index (κ2) is 7.53. The Balaban J connectivity index is 1.45. The molecule has 33 heavy (non-hydrogen) atoms. The Kier molecular flexibility index (Phi) is 4.48. The van der Waals surface area contributed by atoms with E-state index in [-0.39, 0.29) is 12.0 Å². The molecule has 0 aliphatic carbocycles. The number of rotatable bonds is 3. The number of fused-ring (bicyclic) bond motifs is 2. The summed E-state index contributed by atoms with van der Waals surface area (Å²) in [5.41, 5.74) is 3.57. The van der Waals surface area contributed by atoms with Gasteiger partial charge in [0.1, 0.15) is 6.04 Å². The maximum atomic E-state index is 13.0. The highest BCUT2D eigenvalue weighted by molar-refractivity contribution is 9.10. The minimum Gasteiger partial charge on any atom is -0.324 e. The van der Waals surface area contributed by atoms with Gasteiger partial charge in [0.05, 0.1) is 11.1 Å². The molecule has 1 atom stereocenters. The van der Waals surface area contributed by atoms with Gasteiger partial charge >= 0.3 is 0 Å². The molecule has 0 radical (unpaired) electrons. The molecule has 4 aromatic rings. The first-order valence-corrected chi connectivity index (χ1v) is 11.1. The molecule has 160 valence electrons. The smallest absolute Gasteiger partial charge is 0.268 e. The number of amides is 2. The summed E-state index contributed by atoms with van der Waals surface area (Å²) in [5.74, 6) is -0.335. The van der Waals surface area contributed by atoms with Crippen LogP contribution < -0.4 is 10.2 Å². The van der Waals surface area contributed by atoms with E-state index in [1.807, 2.05) is 54.6 Å². The van der Waals surface area contributed by atoms with E-state index in [9.17, 15) is 9.59 Å². The van der Waals surface area contributed by atoms with Gasteiger partial charge in [-0.3, -0.25) is 9.59 Å². The second-order valence-electron chi connectivity index (χ2n) is 7.74. The van der Waals surface area contributed by atoms with Gasteiger partial charge in [0.25, 0.3) is 17.8 Å². The number of nitrogens with zero attached hydrogens (tertiary/aromatic N) is 4. The summed E-state index contributed by atoms with van der Waals surface area (Å²) < 4.78 is 2.69. The lowest BCUT2D eigenvalue weighted by Crippen LogP contribution is -2.30. The fraction of sp³-hybridized carbons (Fsp3) is 0.0400. The van der Waals surface area contributed by atoms with Crippen LogP contribution in [-0.4, -0.2) is 26.6 Å². The summed E-state index contributed by atoms with van der Waals surface area (Å²) in [5, 5.41) is 7.90. The number of aromatic nitrogens is 3. The van der Waals surface area contributed by atoms with Gasteiger partial charge in [-0.05, 0) is 41.5 Å². The molecule has 0 fully saturated rings. The third-order valence-electron chi connectivity index (χ3n) is 5.74. The Labute approximate surface area is 197 Å². The summed E-state index contributed by atoms with van der Waals surface area (Å²) in [6.07, 6.45) is 2.06. The van der Waals surface area contributed by atoms with Gasteiger partial charge in [-0.2, -0.15) is 4.98 Å². The zero-order valence-corrected chi connectivity index (χ0v) is 18.7. The van der Waals surface area contributed by atoms with Crippen LogP contribution in [0.3, 0.4) is 0 Å². The Morgan fingerprint density at radius 3 is 2.12 bits per heavy atom. The van der Waals surface area contributed by atoms with E-state index in [0.29, 0.717) is 17.1 Å². The molecule has 2 aliphatic rings. The first-order chi connectivity index (χ1) is 16.1. The standard InChI is InChI=1S/C25H16BrN5O2/c26-17-12-10-15(11-13-17)20-14-21(16-6-2-1-3-7-16)31-24(27-20)28-25(29-31)30-22(32)18-8-4-5-9-19(18)23(30)33/h1-14,21H,(H,27,28,29). The number of carbonyl (C=O) groups is 2. The molecular weight excluding hydrogens is 482 g/mol. The second-order valence-corrected chi connectivity index (χ2v) is 8.65. The van der Waals surface area contributed by atoms with Crippen LogP contribution in [0, 0.1) is 0 Å². The van der Waals surface area contributed by atoms with Gasteiger partial charge in [0.2, 0.25) is 5.95 Å². The van der Waals surface area contributed by atoms with E-state index in [4.69, 9.17) is 0 Å². The van der Waals surface area contributed by atoms with Crippen molar-refractivity contribution in [2.24, 2.45) is 0 Å². The number of halogens is 1. The molecule has 8 heteroatoms. The Bertz CT molecular complexity index is 1410. The fourth-order valence-electron chi connectivity index (χ4n) is 4.13. The minimum atomic E-state index is -0.420. The highest BCUT2D eigenvalue weighted by Crippen LogP contribution is 2.35. The van der Waals surface area contributed by atoms with E-state index in [0.717, 1.165) is 26.2 Å². The van der Waals surface area contributed by atoms with Crippen molar-refractivity contribution in [2.75, 3.05) is 10.2 Å². The van der Waals surface area contributed by atoms with Gasteiger partial charge in [-0.15, -0.1) is 5.10 Å². The molecule has 1 N–H and O–H groups in total. The first kappa shape index (κ1) is 19.6. The van der Waals surface area contributed by atoms with Crippen molar-refractivity contribution >= 4 is 45.3 Å². The maximum absolute atomic E-state index is 13.0. The molecule has 1 aromatic heterocycles. The number of carbonyl (C=O) groups excluding carboxylic acids is 2. The van der Waals surface area contributed by atoms with Crippen LogP contribution in [0.5, 0.6) is 0 Å². The molecular formula is C25H16BrN5O2. The number of allylic oxidation sites excluding steroid dienone is 1. The maximum Gasteiger partial charge on any atom is 0.268 e. The molecule has 7 nitrogen and oxygen atoms in total. The van der Waals surface area contributed by atoms with Crippen molar-refractivity contribution < 1.29 is 9.59 Å². The molecule has 3 aromatic carbocycles. The van der Waals surface area contributed by atoms with E-state index in [1.165, 1.54) is 0 Å². The molecule has 6 rings (SSSR count). The van der Waals surface area contributed by atoms with E-state index >= 15 is 0 Å². The highest BCUT2D eigenvalue weighted by Gasteiger charge is 2.40. The fourth-order valence-corrected chi connectivity index (χ4v) is 4.40. The van der Waals surface area contributed by atoms with E-state index < -0.39 is 11.8 Å². The Morgan fingerprint density at radius 2 is 1.45 bits per heavy atom. The predicted molar refractivity (Wildman–Crippen MR) is 128 cm³/mol. The minimum absolute atomic E-state index is 0.0510. The lowest BCUT2D eigenvalue weighted by atomic mass is 10.0. The summed E-state index contributed by atoms with van der Waals surface area (Å²) in [6.45, 7) is 0. The molecule has 0 bridgehead atoms. The SMILES string of the molecule is O=C1c2ccccc2C(=O)N1c1nc2n(n1)C(c1ccccc1)C=C(c1ccc(Br)cc1)N2. The summed E-state index contributed by atoms with van der Waals surface area (Å²) in [6, 6.07) is 24.3. The summed E-state index contributed by atoms with van der Waals surface area (Å²) in [7, 11) is 0. The zero-order valence-electron chi connectivity index (χ0n) is 17.1. The highest BCUT2D eigenvalue weighted by atomic mass is 79.9. The number of benzene rings is 3. The quantitative estimate of drug-likeness (QED) is 0.407. The Hall–Kier alpha value is -4.04. The van der Waals surface area contributed by atoms with Gasteiger partial charge in [0.15, 0.2) is 0 Å². The lowest BCUT2D eigenvalue weighted by Gasteiger charge is -2.24. The third-order valence-corrected chi connectivity index (χ3v) is 6.27. The molecule has 0 spiro atoms. The van der Waals surface area contributed by atoms with Crippen molar-refractivity contribution in [1.29, 1.82) is 0 Å². The van der Waals surface area contributed by atoms with Crippen molar-refractivity contribution in [3.05, 3.63) is 112 Å². The number of nitrogens with one attached hydrogen (secondary N) is 1. The molecule has 3 heterocycles. The van der Waals surface area contributed by atoms with Crippen molar-refractivity contribution in [3.8, 4) is 0 Å². The largest absolute Gasteiger partial charge is 0.324 e. The molecule has 2 aliphatic heterocycles. The molecule has 1 unspecified atom stereocenters. The van der Waals surface area contributed by atoms with Crippen LogP contribution in [-0.2, 0) is 0 Å². The van der Waals surface area contributed by atoms with Crippen LogP contribution >= 0.6 is 15.9 Å². The first-order valence-electron chi connectivity index (χ1n) is 10.3. The van der Waals surface area contributed by atoms with E-state index in [1.54, 1.807) is 28.9 Å². The van der Waals surface area contributed by atoms with Gasteiger partial charge in [-0.1, -0.05) is 70.5 Å². The topological polar surface area (TPSA) is 80.1 Å². The van der Waals surface area contributed by atoms with Gasteiger partial charge in [0, 0.05) is 10.2 Å². The summed E-state index contributed by atoms with van der Waals surface area (Å²) in [4.78, 5) is 31.5.